The highest BCUT2D eigenvalue weighted by Crippen LogP contribution is 2.40. The molecule has 3 nitrogen and oxygen atoms in total. The second-order valence-corrected chi connectivity index (χ2v) is 6.51. The largest absolute Gasteiger partial charge is 0.383 e. The van der Waals surface area contributed by atoms with Crippen LogP contribution in [-0.2, 0) is 7.05 Å². The summed E-state index contributed by atoms with van der Waals surface area (Å²) in [6, 6.07) is 5.46. The van der Waals surface area contributed by atoms with Gasteiger partial charge in [-0.25, -0.2) is 4.98 Å². The summed E-state index contributed by atoms with van der Waals surface area (Å²) in [6.07, 6.45) is 6.21. The third-order valence-corrected chi connectivity index (χ3v) is 4.97. The Morgan fingerprint density at radius 2 is 1.76 bits per heavy atom. The number of hydrogen-bond donors (Lipinski definition) is 1. The van der Waals surface area contributed by atoms with Crippen molar-refractivity contribution < 1.29 is 0 Å². The molecular weight excluding hydrogens is 305 g/mol. The van der Waals surface area contributed by atoms with Crippen molar-refractivity contribution in [3.63, 3.8) is 0 Å². The number of halogens is 2. The Labute approximate surface area is 135 Å². The predicted molar refractivity (Wildman–Crippen MR) is 88.9 cm³/mol. The van der Waals surface area contributed by atoms with E-state index in [1.165, 1.54) is 32.1 Å². The quantitative estimate of drug-likeness (QED) is 0.842. The lowest BCUT2D eigenvalue weighted by atomic mass is 9.89. The van der Waals surface area contributed by atoms with Crippen LogP contribution in [0.4, 0.5) is 5.82 Å². The van der Waals surface area contributed by atoms with Crippen LogP contribution in [0.15, 0.2) is 18.2 Å². The van der Waals surface area contributed by atoms with Crippen LogP contribution in [0.1, 0.15) is 43.8 Å². The molecule has 1 aromatic carbocycles. The second kappa shape index (κ2) is 5.90. The Balaban J connectivity index is 2.08. The number of benzene rings is 1. The van der Waals surface area contributed by atoms with E-state index in [4.69, 9.17) is 33.9 Å². The van der Waals surface area contributed by atoms with Crippen molar-refractivity contribution in [2.45, 2.75) is 38.0 Å². The van der Waals surface area contributed by atoms with Crippen LogP contribution in [0.25, 0.3) is 11.3 Å². The Hall–Kier alpha value is -1.19. The Bertz CT molecular complexity index is 638. The molecule has 0 atom stereocenters. The fraction of sp³-hybridized carbons (Fsp3) is 0.438. The average Bonchev–Trinajstić information content (AvgIpc) is 2.77. The molecule has 0 spiro atoms. The van der Waals surface area contributed by atoms with E-state index in [9.17, 15) is 0 Å². The predicted octanol–water partition coefficient (Wildman–Crippen LogP) is 5.02. The first-order valence-corrected chi connectivity index (χ1v) is 8.11. The first-order chi connectivity index (χ1) is 10.1. The van der Waals surface area contributed by atoms with Crippen LogP contribution in [0.5, 0.6) is 0 Å². The van der Waals surface area contributed by atoms with Gasteiger partial charge < -0.3 is 10.3 Å². The summed E-state index contributed by atoms with van der Waals surface area (Å²) in [7, 11) is 1.97. The SMILES string of the molecule is Cn1c(C2CCCCC2)nc(-c2c(Cl)cccc2Cl)c1N. The minimum atomic E-state index is 0.487. The maximum atomic E-state index is 6.29. The highest BCUT2D eigenvalue weighted by atomic mass is 35.5. The lowest BCUT2D eigenvalue weighted by Gasteiger charge is -2.21. The number of anilines is 1. The summed E-state index contributed by atoms with van der Waals surface area (Å²) >= 11 is 12.6. The zero-order chi connectivity index (χ0) is 15.0. The van der Waals surface area contributed by atoms with Gasteiger partial charge in [0.15, 0.2) is 0 Å². The van der Waals surface area contributed by atoms with Crippen molar-refractivity contribution in [2.75, 3.05) is 5.73 Å². The topological polar surface area (TPSA) is 43.8 Å². The van der Waals surface area contributed by atoms with E-state index in [0.29, 0.717) is 27.5 Å². The average molecular weight is 324 g/mol. The van der Waals surface area contributed by atoms with Crippen LogP contribution >= 0.6 is 23.2 Å². The summed E-state index contributed by atoms with van der Waals surface area (Å²) in [5.41, 5.74) is 7.70. The molecule has 0 unspecified atom stereocenters. The number of nitrogens with two attached hydrogens (primary N) is 1. The molecule has 1 aromatic heterocycles. The van der Waals surface area contributed by atoms with Gasteiger partial charge in [-0.2, -0.15) is 0 Å². The molecule has 5 heteroatoms. The second-order valence-electron chi connectivity index (χ2n) is 5.69. The Morgan fingerprint density at radius 1 is 1.14 bits per heavy atom. The Morgan fingerprint density at radius 3 is 2.38 bits per heavy atom. The molecule has 1 heterocycles. The van der Waals surface area contributed by atoms with Crippen LogP contribution in [0, 0.1) is 0 Å². The summed E-state index contributed by atoms with van der Waals surface area (Å²) in [6.45, 7) is 0. The van der Waals surface area contributed by atoms with E-state index >= 15 is 0 Å². The molecule has 0 amide bonds. The molecule has 1 aliphatic carbocycles. The van der Waals surface area contributed by atoms with E-state index in [0.717, 1.165) is 11.4 Å². The van der Waals surface area contributed by atoms with Crippen molar-refractivity contribution >= 4 is 29.0 Å². The number of rotatable bonds is 2. The third-order valence-electron chi connectivity index (χ3n) is 4.34. The third kappa shape index (κ3) is 2.65. The minimum absolute atomic E-state index is 0.487. The highest BCUT2D eigenvalue weighted by molar-refractivity contribution is 6.39. The molecule has 1 aliphatic rings. The van der Waals surface area contributed by atoms with Crippen molar-refractivity contribution in [3.8, 4) is 11.3 Å². The molecule has 2 N–H and O–H groups in total. The highest BCUT2D eigenvalue weighted by Gasteiger charge is 2.24. The molecule has 0 aliphatic heterocycles. The number of nitrogens with zero attached hydrogens (tertiary/aromatic N) is 2. The van der Waals surface area contributed by atoms with E-state index < -0.39 is 0 Å². The monoisotopic (exact) mass is 323 g/mol. The zero-order valence-corrected chi connectivity index (χ0v) is 13.6. The van der Waals surface area contributed by atoms with E-state index in [-0.39, 0.29) is 0 Å². The number of aromatic nitrogens is 2. The van der Waals surface area contributed by atoms with Crippen molar-refractivity contribution in [1.29, 1.82) is 0 Å². The molecular formula is C16H19Cl2N3. The van der Waals surface area contributed by atoms with E-state index in [2.05, 4.69) is 0 Å². The summed E-state index contributed by atoms with van der Waals surface area (Å²) in [5.74, 6) is 2.17. The van der Waals surface area contributed by atoms with Gasteiger partial charge >= 0.3 is 0 Å². The van der Waals surface area contributed by atoms with Gasteiger partial charge in [-0.05, 0) is 25.0 Å². The first-order valence-electron chi connectivity index (χ1n) is 7.36. The summed E-state index contributed by atoms with van der Waals surface area (Å²) in [4.78, 5) is 4.79. The fourth-order valence-corrected chi connectivity index (χ4v) is 3.74. The van der Waals surface area contributed by atoms with Crippen LogP contribution < -0.4 is 5.73 Å². The lowest BCUT2D eigenvalue weighted by molar-refractivity contribution is 0.422. The molecule has 1 saturated carbocycles. The molecule has 1 fully saturated rings. The maximum absolute atomic E-state index is 6.29. The lowest BCUT2D eigenvalue weighted by Crippen LogP contribution is -2.11. The minimum Gasteiger partial charge on any atom is -0.383 e. The van der Waals surface area contributed by atoms with Crippen molar-refractivity contribution in [2.24, 2.45) is 7.05 Å². The Kier molecular flexibility index (Phi) is 4.14. The molecule has 0 saturated heterocycles. The number of nitrogen functional groups attached to an aromatic ring is 1. The molecule has 0 radical (unpaired) electrons. The normalized spacial score (nSPS) is 16.3. The van der Waals surface area contributed by atoms with Gasteiger partial charge in [0.05, 0.1) is 10.0 Å². The summed E-state index contributed by atoms with van der Waals surface area (Å²) < 4.78 is 1.99. The van der Waals surface area contributed by atoms with Gasteiger partial charge in [-0.1, -0.05) is 48.5 Å². The van der Waals surface area contributed by atoms with Gasteiger partial charge in [-0.15, -0.1) is 0 Å². The number of hydrogen-bond acceptors (Lipinski definition) is 2. The van der Waals surface area contributed by atoms with Gasteiger partial charge in [0.25, 0.3) is 0 Å². The van der Waals surface area contributed by atoms with Crippen molar-refractivity contribution in [3.05, 3.63) is 34.1 Å². The molecule has 21 heavy (non-hydrogen) atoms. The fourth-order valence-electron chi connectivity index (χ4n) is 3.16. The van der Waals surface area contributed by atoms with Gasteiger partial charge in [0, 0.05) is 18.5 Å². The molecule has 0 bridgehead atoms. The van der Waals surface area contributed by atoms with Gasteiger partial charge in [0.2, 0.25) is 0 Å². The maximum Gasteiger partial charge on any atom is 0.131 e. The van der Waals surface area contributed by atoms with Crippen LogP contribution in [-0.4, -0.2) is 9.55 Å². The van der Waals surface area contributed by atoms with Crippen molar-refractivity contribution in [1.82, 2.24) is 9.55 Å². The smallest absolute Gasteiger partial charge is 0.131 e. The summed E-state index contributed by atoms with van der Waals surface area (Å²) in [5, 5.41) is 1.17. The molecule has 2 aromatic rings. The van der Waals surface area contributed by atoms with E-state index in [1.54, 1.807) is 0 Å². The van der Waals surface area contributed by atoms with Crippen LogP contribution in [0.3, 0.4) is 0 Å². The molecule has 112 valence electrons. The van der Waals surface area contributed by atoms with Crippen LogP contribution in [0.2, 0.25) is 10.0 Å². The molecule has 3 rings (SSSR count). The van der Waals surface area contributed by atoms with Gasteiger partial charge in [0.1, 0.15) is 17.3 Å². The zero-order valence-electron chi connectivity index (χ0n) is 12.1. The number of imidazole rings is 1. The van der Waals surface area contributed by atoms with E-state index in [1.807, 2.05) is 29.8 Å². The van der Waals surface area contributed by atoms with Gasteiger partial charge in [-0.3, -0.25) is 0 Å². The standard InChI is InChI=1S/C16H19Cl2N3/c1-21-15(19)14(13-11(17)8-5-9-12(13)18)20-16(21)10-6-3-2-4-7-10/h5,8-10H,2-4,6-7,19H2,1H3. The first kappa shape index (κ1) is 14.7.